The molecule has 20 heavy (non-hydrogen) atoms. The summed E-state index contributed by atoms with van der Waals surface area (Å²) in [4.78, 5) is 13.0. The van der Waals surface area contributed by atoms with Crippen LogP contribution in [0.2, 0.25) is 0 Å². The first-order chi connectivity index (χ1) is 9.47. The molecule has 0 aliphatic carbocycles. The molecule has 1 rings (SSSR count). The van der Waals surface area contributed by atoms with Crippen molar-refractivity contribution in [3.05, 3.63) is 11.9 Å². The first kappa shape index (κ1) is 16.7. The molecule has 5 nitrogen and oxygen atoms in total. The minimum Gasteiger partial charge on any atom is -0.493 e. The van der Waals surface area contributed by atoms with Gasteiger partial charge in [-0.25, -0.2) is 0 Å². The fourth-order valence-electron chi connectivity index (χ4n) is 2.44. The summed E-state index contributed by atoms with van der Waals surface area (Å²) in [5, 5.41) is 4.27. The lowest BCUT2D eigenvalue weighted by atomic mass is 9.89. The number of aromatic nitrogens is 2. The molecule has 114 valence electrons. The van der Waals surface area contributed by atoms with Crippen molar-refractivity contribution < 1.29 is 14.3 Å². The van der Waals surface area contributed by atoms with Gasteiger partial charge in [-0.05, 0) is 33.6 Å². The Morgan fingerprint density at radius 2 is 1.95 bits per heavy atom. The van der Waals surface area contributed by atoms with Gasteiger partial charge in [-0.2, -0.15) is 5.10 Å². The van der Waals surface area contributed by atoms with E-state index in [4.69, 9.17) is 9.47 Å². The van der Waals surface area contributed by atoms with E-state index in [0.29, 0.717) is 30.9 Å². The van der Waals surface area contributed by atoms with Gasteiger partial charge in [0.1, 0.15) is 11.3 Å². The minimum absolute atomic E-state index is 0.0487. The fourth-order valence-corrected chi connectivity index (χ4v) is 2.44. The molecule has 1 heterocycles. The number of rotatable bonds is 8. The van der Waals surface area contributed by atoms with E-state index < -0.39 is 5.60 Å². The highest BCUT2D eigenvalue weighted by molar-refractivity contribution is 6.03. The van der Waals surface area contributed by atoms with Crippen molar-refractivity contribution >= 4 is 5.78 Å². The normalized spacial score (nSPS) is 11.9. The van der Waals surface area contributed by atoms with E-state index >= 15 is 0 Å². The van der Waals surface area contributed by atoms with Crippen molar-refractivity contribution in [2.24, 2.45) is 0 Å². The number of carbonyl (C=O) groups is 1. The van der Waals surface area contributed by atoms with Gasteiger partial charge < -0.3 is 9.47 Å². The number of hydrogen-bond donors (Lipinski definition) is 0. The molecule has 0 bridgehead atoms. The maximum atomic E-state index is 13.0. The minimum atomic E-state index is -0.797. The second-order valence-corrected chi connectivity index (χ2v) is 5.06. The smallest absolute Gasteiger partial charge is 0.216 e. The molecule has 0 radical (unpaired) electrons. The van der Waals surface area contributed by atoms with Crippen LogP contribution in [0.25, 0.3) is 0 Å². The van der Waals surface area contributed by atoms with Crippen molar-refractivity contribution in [3.8, 4) is 5.75 Å². The molecule has 0 aliphatic rings. The van der Waals surface area contributed by atoms with Gasteiger partial charge in [0.15, 0.2) is 5.75 Å². The van der Waals surface area contributed by atoms with Gasteiger partial charge in [0, 0.05) is 12.6 Å². The largest absolute Gasteiger partial charge is 0.493 e. The molecule has 1 aromatic heterocycles. The zero-order chi connectivity index (χ0) is 15.3. The summed E-state index contributed by atoms with van der Waals surface area (Å²) >= 11 is 0. The Balaban J connectivity index is 3.34. The van der Waals surface area contributed by atoms with Crippen LogP contribution in [-0.4, -0.2) is 34.9 Å². The molecular weight excluding hydrogens is 256 g/mol. The van der Waals surface area contributed by atoms with E-state index in [2.05, 4.69) is 5.10 Å². The molecule has 0 atom stereocenters. The predicted molar refractivity (Wildman–Crippen MR) is 78.4 cm³/mol. The fraction of sp³-hybridized carbons (Fsp3) is 0.733. The molecule has 0 fully saturated rings. The number of Topliss-reactive ketones (excluding diaryl/α,β-unsaturated/α-hetero) is 1. The van der Waals surface area contributed by atoms with Crippen LogP contribution in [0.1, 0.15) is 64.0 Å². The van der Waals surface area contributed by atoms with E-state index in [-0.39, 0.29) is 11.8 Å². The molecule has 1 aromatic rings. The second-order valence-electron chi connectivity index (χ2n) is 5.06. The third kappa shape index (κ3) is 2.87. The molecule has 5 heteroatoms. The third-order valence-corrected chi connectivity index (χ3v) is 3.66. The molecule has 0 aromatic carbocycles. The first-order valence-corrected chi connectivity index (χ1v) is 7.27. The standard InChI is InChI=1S/C15H26N2O3/c1-7-15(8-2,20-9-3)14(18)13-12(19-6)10-16-17(13)11(4)5/h10-11H,7-9H2,1-6H3. The summed E-state index contributed by atoms with van der Waals surface area (Å²) in [5.74, 6) is 0.460. The van der Waals surface area contributed by atoms with E-state index in [1.165, 1.54) is 0 Å². The number of nitrogens with zero attached hydrogens (tertiary/aromatic N) is 2. The van der Waals surface area contributed by atoms with Gasteiger partial charge in [0.05, 0.1) is 13.3 Å². The third-order valence-electron chi connectivity index (χ3n) is 3.66. The number of carbonyl (C=O) groups excluding carboxylic acids is 1. The van der Waals surface area contributed by atoms with Crippen LogP contribution in [0.5, 0.6) is 5.75 Å². The SMILES string of the molecule is CCOC(CC)(CC)C(=O)c1c(OC)cnn1C(C)C. The highest BCUT2D eigenvalue weighted by Crippen LogP contribution is 2.31. The quantitative estimate of drug-likeness (QED) is 0.687. The van der Waals surface area contributed by atoms with Gasteiger partial charge in [-0.1, -0.05) is 13.8 Å². The van der Waals surface area contributed by atoms with Gasteiger partial charge in [-0.15, -0.1) is 0 Å². The zero-order valence-electron chi connectivity index (χ0n) is 13.4. The molecular formula is C15H26N2O3. The topological polar surface area (TPSA) is 53.4 Å². The van der Waals surface area contributed by atoms with Gasteiger partial charge in [0.2, 0.25) is 5.78 Å². The first-order valence-electron chi connectivity index (χ1n) is 7.27. The summed E-state index contributed by atoms with van der Waals surface area (Å²) < 4.78 is 12.8. The van der Waals surface area contributed by atoms with E-state index in [1.807, 2.05) is 34.6 Å². The Bertz CT molecular complexity index is 448. The summed E-state index contributed by atoms with van der Waals surface area (Å²) in [6.45, 7) is 10.3. The molecule has 0 saturated carbocycles. The van der Waals surface area contributed by atoms with Gasteiger partial charge >= 0.3 is 0 Å². The highest BCUT2D eigenvalue weighted by Gasteiger charge is 2.40. The number of ketones is 1. The zero-order valence-corrected chi connectivity index (χ0v) is 13.4. The van der Waals surface area contributed by atoms with Crippen molar-refractivity contribution in [2.45, 2.75) is 59.1 Å². The number of ether oxygens (including phenoxy) is 2. The van der Waals surface area contributed by atoms with Crippen LogP contribution in [0.15, 0.2) is 6.20 Å². The highest BCUT2D eigenvalue weighted by atomic mass is 16.5. The summed E-state index contributed by atoms with van der Waals surface area (Å²) in [6, 6.07) is 0.0888. The maximum absolute atomic E-state index is 13.0. The van der Waals surface area contributed by atoms with E-state index in [0.717, 1.165) is 0 Å². The monoisotopic (exact) mass is 282 g/mol. The molecule has 0 saturated heterocycles. The Hall–Kier alpha value is -1.36. The van der Waals surface area contributed by atoms with Gasteiger partial charge in [-0.3, -0.25) is 9.48 Å². The summed E-state index contributed by atoms with van der Waals surface area (Å²) in [5.41, 5.74) is -0.297. The van der Waals surface area contributed by atoms with Crippen molar-refractivity contribution in [2.75, 3.05) is 13.7 Å². The molecule has 0 spiro atoms. The average molecular weight is 282 g/mol. The predicted octanol–water partition coefficient (Wildman–Crippen LogP) is 3.25. The molecule has 0 amide bonds. The maximum Gasteiger partial charge on any atom is 0.216 e. The molecule has 0 aliphatic heterocycles. The van der Waals surface area contributed by atoms with Crippen LogP contribution in [0.3, 0.4) is 0 Å². The van der Waals surface area contributed by atoms with Crippen molar-refractivity contribution in [3.63, 3.8) is 0 Å². The second kappa shape index (κ2) is 6.88. The van der Waals surface area contributed by atoms with Crippen molar-refractivity contribution in [1.29, 1.82) is 0 Å². The molecule has 0 N–H and O–H groups in total. The lowest BCUT2D eigenvalue weighted by Gasteiger charge is -2.30. The van der Waals surface area contributed by atoms with Crippen LogP contribution in [-0.2, 0) is 4.74 Å². The van der Waals surface area contributed by atoms with Gasteiger partial charge in [0.25, 0.3) is 0 Å². The lowest BCUT2D eigenvalue weighted by Crippen LogP contribution is -2.42. The van der Waals surface area contributed by atoms with Crippen LogP contribution in [0.4, 0.5) is 0 Å². The Morgan fingerprint density at radius 3 is 2.35 bits per heavy atom. The summed E-state index contributed by atoms with van der Waals surface area (Å²) in [6.07, 6.45) is 2.85. The van der Waals surface area contributed by atoms with Crippen LogP contribution >= 0.6 is 0 Å². The molecule has 0 unspecified atom stereocenters. The van der Waals surface area contributed by atoms with Crippen LogP contribution in [0, 0.1) is 0 Å². The Morgan fingerprint density at radius 1 is 1.35 bits per heavy atom. The van der Waals surface area contributed by atoms with Crippen LogP contribution < -0.4 is 4.74 Å². The Labute approximate surface area is 121 Å². The average Bonchev–Trinajstić information content (AvgIpc) is 2.88. The lowest BCUT2D eigenvalue weighted by molar-refractivity contribution is -0.0259. The number of methoxy groups -OCH3 is 1. The summed E-state index contributed by atoms with van der Waals surface area (Å²) in [7, 11) is 1.55. The van der Waals surface area contributed by atoms with E-state index in [9.17, 15) is 4.79 Å². The Kier molecular flexibility index (Phi) is 5.74. The van der Waals surface area contributed by atoms with Crippen molar-refractivity contribution in [1.82, 2.24) is 9.78 Å². The number of hydrogen-bond acceptors (Lipinski definition) is 4. The van der Waals surface area contributed by atoms with E-state index in [1.54, 1.807) is 18.0 Å².